The number of ether oxygens (including phenoxy) is 1. The van der Waals surface area contributed by atoms with Crippen molar-refractivity contribution in [2.75, 3.05) is 19.7 Å². The fourth-order valence-corrected chi connectivity index (χ4v) is 2.20. The summed E-state index contributed by atoms with van der Waals surface area (Å²) in [6, 6.07) is 6.16. The van der Waals surface area contributed by atoms with Crippen molar-refractivity contribution in [3.05, 3.63) is 35.9 Å². The number of benzene rings is 1. The third-order valence-corrected chi connectivity index (χ3v) is 3.25. The zero-order valence-corrected chi connectivity index (χ0v) is 9.89. The molecule has 3 heterocycles. The van der Waals surface area contributed by atoms with Gasteiger partial charge in [-0.3, -0.25) is 0 Å². The number of fused-ring (bicyclic) bond motifs is 2. The number of hydrogen-bond donors (Lipinski definition) is 0. The fourth-order valence-electron chi connectivity index (χ4n) is 2.20. The SMILES string of the molecule is C=C1c2ccc(c(C)c2)N=NC2CN1CCO2. The molecule has 0 saturated carbocycles. The highest BCUT2D eigenvalue weighted by Gasteiger charge is 2.22. The molecule has 0 aromatic heterocycles. The molecule has 4 bridgehead atoms. The maximum absolute atomic E-state index is 5.56. The molecule has 4 heteroatoms. The standard InChI is InChI=1S/C13H15N3O/c1-9-7-11-3-4-12(9)14-15-13-8-16(10(11)2)5-6-17-13/h3-4,7,13H,2,5-6,8H2,1H3. The molecule has 88 valence electrons. The van der Waals surface area contributed by atoms with E-state index in [0.717, 1.165) is 35.6 Å². The molecule has 0 aliphatic carbocycles. The lowest BCUT2D eigenvalue weighted by Crippen LogP contribution is -2.40. The van der Waals surface area contributed by atoms with Gasteiger partial charge >= 0.3 is 0 Å². The molecule has 3 aliphatic rings. The van der Waals surface area contributed by atoms with E-state index in [1.807, 2.05) is 13.0 Å². The van der Waals surface area contributed by atoms with Crippen molar-refractivity contribution in [1.29, 1.82) is 0 Å². The first-order valence-corrected chi connectivity index (χ1v) is 5.81. The number of rotatable bonds is 0. The molecule has 0 spiro atoms. The molecule has 3 aliphatic heterocycles. The number of aryl methyl sites for hydroxylation is 1. The normalized spacial score (nSPS) is 23.0. The Morgan fingerprint density at radius 2 is 2.35 bits per heavy atom. The Bertz CT molecular complexity index is 495. The summed E-state index contributed by atoms with van der Waals surface area (Å²) in [6.45, 7) is 8.50. The van der Waals surface area contributed by atoms with Crippen LogP contribution in [0.5, 0.6) is 0 Å². The Balaban J connectivity index is 2.10. The molecule has 1 saturated heterocycles. The van der Waals surface area contributed by atoms with Crippen molar-refractivity contribution in [1.82, 2.24) is 4.90 Å². The first kappa shape index (κ1) is 10.5. The molecule has 1 aromatic rings. The van der Waals surface area contributed by atoms with Gasteiger partial charge < -0.3 is 9.64 Å². The predicted molar refractivity (Wildman–Crippen MR) is 66.0 cm³/mol. The maximum Gasteiger partial charge on any atom is 0.186 e. The van der Waals surface area contributed by atoms with Crippen LogP contribution in [0.3, 0.4) is 0 Å². The lowest BCUT2D eigenvalue weighted by Gasteiger charge is -2.34. The molecule has 0 amide bonds. The van der Waals surface area contributed by atoms with Gasteiger partial charge in [0, 0.05) is 12.2 Å². The van der Waals surface area contributed by atoms with Crippen molar-refractivity contribution in [3.63, 3.8) is 0 Å². The second kappa shape index (κ2) is 3.96. The summed E-state index contributed by atoms with van der Waals surface area (Å²) in [5.74, 6) is 0. The molecule has 17 heavy (non-hydrogen) atoms. The maximum atomic E-state index is 5.56. The molecule has 4 rings (SSSR count). The Labute approximate surface area is 101 Å². The summed E-state index contributed by atoms with van der Waals surface area (Å²) in [5.41, 5.74) is 4.23. The Morgan fingerprint density at radius 3 is 3.18 bits per heavy atom. The van der Waals surface area contributed by atoms with Crippen molar-refractivity contribution in [3.8, 4) is 0 Å². The van der Waals surface area contributed by atoms with Crippen LogP contribution < -0.4 is 0 Å². The summed E-state index contributed by atoms with van der Waals surface area (Å²) in [5, 5.41) is 8.51. The zero-order chi connectivity index (χ0) is 11.8. The van der Waals surface area contributed by atoms with Crippen LogP contribution in [0, 0.1) is 6.92 Å². The lowest BCUT2D eigenvalue weighted by molar-refractivity contribution is -0.00684. The Kier molecular flexibility index (Phi) is 2.44. The third-order valence-electron chi connectivity index (χ3n) is 3.25. The van der Waals surface area contributed by atoms with E-state index in [1.165, 1.54) is 0 Å². The van der Waals surface area contributed by atoms with Crippen LogP contribution in [0.2, 0.25) is 0 Å². The number of morpholine rings is 1. The van der Waals surface area contributed by atoms with Gasteiger partial charge in [-0.2, -0.15) is 10.2 Å². The van der Waals surface area contributed by atoms with Gasteiger partial charge in [-0.05, 0) is 30.2 Å². The van der Waals surface area contributed by atoms with Crippen LogP contribution in [0.25, 0.3) is 5.70 Å². The zero-order valence-electron chi connectivity index (χ0n) is 9.89. The molecular weight excluding hydrogens is 214 g/mol. The van der Waals surface area contributed by atoms with Gasteiger partial charge in [-0.1, -0.05) is 12.6 Å². The van der Waals surface area contributed by atoms with Gasteiger partial charge in [0.15, 0.2) is 6.23 Å². The van der Waals surface area contributed by atoms with E-state index in [2.05, 4.69) is 33.8 Å². The molecule has 4 nitrogen and oxygen atoms in total. The first-order valence-electron chi connectivity index (χ1n) is 5.81. The quantitative estimate of drug-likeness (QED) is 0.686. The van der Waals surface area contributed by atoms with E-state index >= 15 is 0 Å². The van der Waals surface area contributed by atoms with Crippen molar-refractivity contribution < 1.29 is 4.74 Å². The minimum absolute atomic E-state index is 0.172. The van der Waals surface area contributed by atoms with E-state index in [0.29, 0.717) is 6.61 Å². The first-order chi connectivity index (χ1) is 8.24. The smallest absolute Gasteiger partial charge is 0.186 e. The third kappa shape index (κ3) is 1.85. The Hall–Kier alpha value is -1.68. The van der Waals surface area contributed by atoms with Gasteiger partial charge in [0.2, 0.25) is 0 Å². The summed E-state index contributed by atoms with van der Waals surface area (Å²) >= 11 is 0. The van der Waals surface area contributed by atoms with Crippen LogP contribution in [0.4, 0.5) is 5.69 Å². The van der Waals surface area contributed by atoms with Crippen LogP contribution >= 0.6 is 0 Å². The predicted octanol–water partition coefficient (Wildman–Crippen LogP) is 2.72. The van der Waals surface area contributed by atoms with Crippen molar-refractivity contribution in [2.45, 2.75) is 13.2 Å². The molecular formula is C13H15N3O. The largest absolute Gasteiger partial charge is 0.365 e. The Morgan fingerprint density at radius 1 is 1.47 bits per heavy atom. The van der Waals surface area contributed by atoms with E-state index in [9.17, 15) is 0 Å². The summed E-state index contributed by atoms with van der Waals surface area (Å²) < 4.78 is 5.56. The molecule has 1 aromatic carbocycles. The van der Waals surface area contributed by atoms with Gasteiger partial charge in [0.1, 0.15) is 0 Å². The van der Waals surface area contributed by atoms with Gasteiger partial charge in [0.25, 0.3) is 0 Å². The van der Waals surface area contributed by atoms with Crippen LogP contribution in [-0.4, -0.2) is 30.8 Å². The van der Waals surface area contributed by atoms with Gasteiger partial charge in [0.05, 0.1) is 18.8 Å². The molecule has 1 atom stereocenters. The van der Waals surface area contributed by atoms with Crippen LogP contribution in [0.15, 0.2) is 35.0 Å². The average molecular weight is 229 g/mol. The highest BCUT2D eigenvalue weighted by Crippen LogP contribution is 2.28. The molecule has 0 N–H and O–H groups in total. The van der Waals surface area contributed by atoms with Crippen LogP contribution in [-0.2, 0) is 4.74 Å². The number of azo groups is 1. The summed E-state index contributed by atoms with van der Waals surface area (Å²) in [6.07, 6.45) is -0.172. The number of nitrogens with zero attached hydrogens (tertiary/aromatic N) is 3. The average Bonchev–Trinajstić information content (AvgIpc) is 2.36. The minimum atomic E-state index is -0.172. The summed E-state index contributed by atoms with van der Waals surface area (Å²) in [4.78, 5) is 2.22. The van der Waals surface area contributed by atoms with Gasteiger partial charge in [-0.25, -0.2) is 0 Å². The second-order valence-corrected chi connectivity index (χ2v) is 4.43. The summed E-state index contributed by atoms with van der Waals surface area (Å²) in [7, 11) is 0. The highest BCUT2D eigenvalue weighted by atomic mass is 16.5. The second-order valence-electron chi connectivity index (χ2n) is 4.43. The molecule has 1 unspecified atom stereocenters. The van der Waals surface area contributed by atoms with E-state index in [4.69, 9.17) is 4.74 Å². The fraction of sp³-hybridized carbons (Fsp3) is 0.385. The number of hydrogen-bond acceptors (Lipinski definition) is 4. The minimum Gasteiger partial charge on any atom is -0.365 e. The lowest BCUT2D eigenvalue weighted by atomic mass is 10.1. The molecule has 0 radical (unpaired) electrons. The topological polar surface area (TPSA) is 37.2 Å². The van der Waals surface area contributed by atoms with E-state index < -0.39 is 0 Å². The van der Waals surface area contributed by atoms with E-state index in [1.54, 1.807) is 0 Å². The molecule has 1 fully saturated rings. The van der Waals surface area contributed by atoms with Crippen LogP contribution in [0.1, 0.15) is 11.1 Å². The van der Waals surface area contributed by atoms with Gasteiger partial charge in [-0.15, -0.1) is 0 Å². The highest BCUT2D eigenvalue weighted by molar-refractivity contribution is 5.65. The monoisotopic (exact) mass is 229 g/mol. The van der Waals surface area contributed by atoms with E-state index in [-0.39, 0.29) is 6.23 Å². The van der Waals surface area contributed by atoms with Crippen molar-refractivity contribution >= 4 is 11.4 Å². The van der Waals surface area contributed by atoms with Crippen molar-refractivity contribution in [2.24, 2.45) is 10.2 Å².